The molecule has 21 heavy (non-hydrogen) atoms. The molecule has 0 fully saturated rings. The Bertz CT molecular complexity index is 785. The molecule has 0 spiro atoms. The van der Waals surface area contributed by atoms with Crippen molar-refractivity contribution in [2.24, 2.45) is 0 Å². The Kier molecular flexibility index (Phi) is 3.91. The molecule has 1 nitrogen and oxygen atoms in total. The van der Waals surface area contributed by atoms with E-state index in [0.29, 0.717) is 11.4 Å². The maximum absolute atomic E-state index is 13.8. The highest BCUT2D eigenvalue weighted by Gasteiger charge is 2.14. The lowest BCUT2D eigenvalue weighted by molar-refractivity contribution is 0.173. The van der Waals surface area contributed by atoms with Crippen molar-refractivity contribution in [2.75, 3.05) is 0 Å². The van der Waals surface area contributed by atoms with E-state index in [0.717, 1.165) is 16.3 Å². The SMILES string of the molecule is OC(Cc1ccc2ccccc2c1)c1ccc(Cl)cc1F. The molecule has 3 aromatic rings. The van der Waals surface area contributed by atoms with Gasteiger partial charge in [0, 0.05) is 17.0 Å². The van der Waals surface area contributed by atoms with Gasteiger partial charge in [-0.15, -0.1) is 0 Å². The van der Waals surface area contributed by atoms with Crippen molar-refractivity contribution in [3.8, 4) is 0 Å². The molecular formula is C18H14ClFO. The molecule has 0 radical (unpaired) electrons. The lowest BCUT2D eigenvalue weighted by Crippen LogP contribution is -2.04. The normalized spacial score (nSPS) is 12.5. The Morgan fingerprint density at radius 1 is 0.952 bits per heavy atom. The van der Waals surface area contributed by atoms with Crippen LogP contribution in [0.5, 0.6) is 0 Å². The molecule has 0 heterocycles. The van der Waals surface area contributed by atoms with Gasteiger partial charge in [0.25, 0.3) is 0 Å². The predicted molar refractivity (Wildman–Crippen MR) is 84.0 cm³/mol. The average molecular weight is 301 g/mol. The maximum Gasteiger partial charge on any atom is 0.130 e. The number of hydrogen-bond acceptors (Lipinski definition) is 1. The number of benzene rings is 3. The summed E-state index contributed by atoms with van der Waals surface area (Å²) in [5.41, 5.74) is 1.24. The predicted octanol–water partition coefficient (Wildman–Crippen LogP) is 4.91. The van der Waals surface area contributed by atoms with Gasteiger partial charge in [0.15, 0.2) is 0 Å². The molecule has 3 heteroatoms. The first-order chi connectivity index (χ1) is 10.1. The highest BCUT2D eigenvalue weighted by molar-refractivity contribution is 6.30. The zero-order valence-corrected chi connectivity index (χ0v) is 12.0. The van der Waals surface area contributed by atoms with E-state index in [4.69, 9.17) is 11.6 Å². The van der Waals surface area contributed by atoms with E-state index >= 15 is 0 Å². The van der Waals surface area contributed by atoms with E-state index < -0.39 is 11.9 Å². The quantitative estimate of drug-likeness (QED) is 0.729. The van der Waals surface area contributed by atoms with Crippen molar-refractivity contribution in [3.05, 3.63) is 82.6 Å². The molecular weight excluding hydrogens is 287 g/mol. The standard InChI is InChI=1S/C18H14ClFO/c19-15-7-8-16(17(20)11-15)18(21)10-12-5-6-13-3-1-2-4-14(13)9-12/h1-9,11,18,21H,10H2. The molecule has 0 saturated carbocycles. The Balaban J connectivity index is 1.87. The van der Waals surface area contributed by atoms with Gasteiger partial charge in [-0.3, -0.25) is 0 Å². The first-order valence-corrected chi connectivity index (χ1v) is 7.12. The molecule has 0 aliphatic rings. The maximum atomic E-state index is 13.8. The van der Waals surface area contributed by atoms with Gasteiger partial charge < -0.3 is 5.11 Å². The molecule has 1 unspecified atom stereocenters. The summed E-state index contributed by atoms with van der Waals surface area (Å²) in [6.45, 7) is 0. The molecule has 3 aromatic carbocycles. The number of hydrogen-bond donors (Lipinski definition) is 1. The highest BCUT2D eigenvalue weighted by Crippen LogP contribution is 2.25. The number of aliphatic hydroxyl groups is 1. The molecule has 0 aliphatic carbocycles. The molecule has 106 valence electrons. The van der Waals surface area contributed by atoms with Gasteiger partial charge in [-0.1, -0.05) is 60.1 Å². The molecule has 0 aliphatic heterocycles. The second kappa shape index (κ2) is 5.84. The van der Waals surface area contributed by atoms with Crippen molar-refractivity contribution in [1.29, 1.82) is 0 Å². The third kappa shape index (κ3) is 3.07. The van der Waals surface area contributed by atoms with Crippen molar-refractivity contribution < 1.29 is 9.50 Å². The summed E-state index contributed by atoms with van der Waals surface area (Å²) in [5.74, 6) is -0.476. The van der Waals surface area contributed by atoms with Gasteiger partial charge in [-0.2, -0.15) is 0 Å². The van der Waals surface area contributed by atoms with Crippen LogP contribution in [0.1, 0.15) is 17.2 Å². The molecule has 0 aromatic heterocycles. The second-order valence-corrected chi connectivity index (χ2v) is 5.50. The molecule has 3 rings (SSSR count). The van der Waals surface area contributed by atoms with Crippen LogP contribution in [0.3, 0.4) is 0 Å². The summed E-state index contributed by atoms with van der Waals surface area (Å²) in [6.07, 6.45) is -0.521. The molecule has 0 saturated heterocycles. The van der Waals surface area contributed by atoms with Crippen LogP contribution >= 0.6 is 11.6 Å². The van der Waals surface area contributed by atoms with E-state index in [1.807, 2.05) is 42.5 Å². The van der Waals surface area contributed by atoms with Crippen molar-refractivity contribution in [1.82, 2.24) is 0 Å². The monoisotopic (exact) mass is 300 g/mol. The Labute approximate surface area is 127 Å². The van der Waals surface area contributed by atoms with Crippen molar-refractivity contribution in [3.63, 3.8) is 0 Å². The first-order valence-electron chi connectivity index (χ1n) is 6.74. The van der Waals surface area contributed by atoms with Crippen LogP contribution < -0.4 is 0 Å². The minimum atomic E-state index is -0.886. The summed E-state index contributed by atoms with van der Waals surface area (Å²) in [4.78, 5) is 0. The van der Waals surface area contributed by atoms with Gasteiger partial charge in [-0.05, 0) is 28.5 Å². The molecule has 1 atom stereocenters. The molecule has 0 amide bonds. The zero-order valence-electron chi connectivity index (χ0n) is 11.3. The second-order valence-electron chi connectivity index (χ2n) is 5.07. The first kappa shape index (κ1) is 14.1. The minimum Gasteiger partial charge on any atom is -0.388 e. The highest BCUT2D eigenvalue weighted by atomic mass is 35.5. The summed E-state index contributed by atoms with van der Waals surface area (Å²) in [6, 6.07) is 18.3. The summed E-state index contributed by atoms with van der Waals surface area (Å²) < 4.78 is 13.8. The molecule has 0 bridgehead atoms. The van der Waals surface area contributed by atoms with Crippen LogP contribution in [0, 0.1) is 5.82 Å². The Morgan fingerprint density at radius 2 is 1.71 bits per heavy atom. The van der Waals surface area contributed by atoms with Crippen LogP contribution in [0.25, 0.3) is 10.8 Å². The van der Waals surface area contributed by atoms with E-state index in [2.05, 4.69) is 0 Å². The fourth-order valence-electron chi connectivity index (χ4n) is 2.47. The zero-order chi connectivity index (χ0) is 14.8. The number of aliphatic hydroxyl groups excluding tert-OH is 1. The largest absolute Gasteiger partial charge is 0.388 e. The fraction of sp³-hybridized carbons (Fsp3) is 0.111. The topological polar surface area (TPSA) is 20.2 Å². The van der Waals surface area contributed by atoms with Gasteiger partial charge in [0.05, 0.1) is 6.10 Å². The van der Waals surface area contributed by atoms with E-state index in [1.54, 1.807) is 6.07 Å². The number of fused-ring (bicyclic) bond motifs is 1. The van der Waals surface area contributed by atoms with Crippen LogP contribution in [0.15, 0.2) is 60.7 Å². The van der Waals surface area contributed by atoms with Crippen LogP contribution in [0.4, 0.5) is 4.39 Å². The van der Waals surface area contributed by atoms with Crippen LogP contribution in [0.2, 0.25) is 5.02 Å². The van der Waals surface area contributed by atoms with Gasteiger partial charge in [-0.25, -0.2) is 4.39 Å². The minimum absolute atomic E-state index is 0.271. The van der Waals surface area contributed by atoms with Crippen molar-refractivity contribution in [2.45, 2.75) is 12.5 Å². The van der Waals surface area contributed by atoms with E-state index in [9.17, 15) is 9.50 Å². The summed E-state index contributed by atoms with van der Waals surface area (Å²) >= 11 is 5.73. The van der Waals surface area contributed by atoms with Crippen LogP contribution in [-0.2, 0) is 6.42 Å². The summed E-state index contributed by atoms with van der Waals surface area (Å²) in [7, 11) is 0. The Hall–Kier alpha value is -1.90. The molecule has 1 N–H and O–H groups in total. The number of rotatable bonds is 3. The van der Waals surface area contributed by atoms with Crippen LogP contribution in [-0.4, -0.2) is 5.11 Å². The smallest absolute Gasteiger partial charge is 0.130 e. The van der Waals surface area contributed by atoms with Gasteiger partial charge in [0.2, 0.25) is 0 Å². The fourth-order valence-corrected chi connectivity index (χ4v) is 2.63. The Morgan fingerprint density at radius 3 is 2.48 bits per heavy atom. The summed E-state index contributed by atoms with van der Waals surface area (Å²) in [5, 5.41) is 12.8. The lowest BCUT2D eigenvalue weighted by atomic mass is 9.99. The average Bonchev–Trinajstić information content (AvgIpc) is 2.47. The van der Waals surface area contributed by atoms with Gasteiger partial charge >= 0.3 is 0 Å². The number of halogens is 2. The van der Waals surface area contributed by atoms with E-state index in [-0.39, 0.29) is 5.56 Å². The van der Waals surface area contributed by atoms with Gasteiger partial charge in [0.1, 0.15) is 5.82 Å². The third-order valence-electron chi connectivity index (χ3n) is 3.56. The lowest BCUT2D eigenvalue weighted by Gasteiger charge is -2.13. The third-order valence-corrected chi connectivity index (χ3v) is 3.80. The van der Waals surface area contributed by atoms with E-state index in [1.165, 1.54) is 12.1 Å². The van der Waals surface area contributed by atoms with Crippen molar-refractivity contribution >= 4 is 22.4 Å².